The predicted molar refractivity (Wildman–Crippen MR) is 120 cm³/mol. The summed E-state index contributed by atoms with van der Waals surface area (Å²) in [6.45, 7) is -0.610. The Morgan fingerprint density at radius 3 is 2.48 bits per heavy atom. The van der Waals surface area contributed by atoms with Crippen molar-refractivity contribution in [3.63, 3.8) is 0 Å². The van der Waals surface area contributed by atoms with Crippen molar-refractivity contribution in [3.8, 4) is 0 Å². The molecular weight excluding hydrogens is 448 g/mol. The Morgan fingerprint density at radius 2 is 1.82 bits per heavy atom. The van der Waals surface area contributed by atoms with E-state index in [2.05, 4.69) is 0 Å². The first-order chi connectivity index (χ1) is 15.8. The second kappa shape index (κ2) is 9.54. The maximum atomic E-state index is 13.0. The summed E-state index contributed by atoms with van der Waals surface area (Å²) in [5.74, 6) is -1.44. The largest absolute Gasteiger partial charge is 0.465 e. The first-order valence-corrected chi connectivity index (χ1v) is 12.9. The summed E-state index contributed by atoms with van der Waals surface area (Å²) in [4.78, 5) is 39.3. The van der Waals surface area contributed by atoms with E-state index in [1.54, 1.807) is 33.7 Å². The average molecular weight is 477 g/mol. The normalized spacial score (nSPS) is 20.1. The standard InChI is InChI=1S/C23H28N2O7S/c1-31-23(28)19-12-24(20-9-5-4-8-18(19)20)13-22(27)32-14-21(26)25(16-6-2-3-7-16)17-10-11-33(29,30)15-17/h4-5,8-9,12,16-17H,2-3,6-7,10-11,13-15H2,1H3. The minimum Gasteiger partial charge on any atom is -0.465 e. The molecule has 9 nitrogen and oxygen atoms in total. The Bertz CT molecular complexity index is 1160. The van der Waals surface area contributed by atoms with Crippen LogP contribution in [0.5, 0.6) is 0 Å². The van der Waals surface area contributed by atoms with Gasteiger partial charge in [0, 0.05) is 29.2 Å². The number of methoxy groups -OCH3 is 1. The molecule has 2 heterocycles. The summed E-state index contributed by atoms with van der Waals surface area (Å²) in [5, 5.41) is 0.656. The Balaban J connectivity index is 1.43. The Hall–Kier alpha value is -2.88. The maximum absolute atomic E-state index is 13.0. The highest BCUT2D eigenvalue weighted by Crippen LogP contribution is 2.29. The molecule has 0 spiro atoms. The van der Waals surface area contributed by atoms with E-state index in [1.807, 2.05) is 0 Å². The van der Waals surface area contributed by atoms with E-state index in [-0.39, 0.29) is 36.0 Å². The number of hydrogen-bond donors (Lipinski definition) is 0. The molecule has 0 radical (unpaired) electrons. The van der Waals surface area contributed by atoms with Gasteiger partial charge in [-0.15, -0.1) is 0 Å². The van der Waals surface area contributed by atoms with E-state index >= 15 is 0 Å². The van der Waals surface area contributed by atoms with Crippen LogP contribution in [0.3, 0.4) is 0 Å². The molecule has 1 saturated carbocycles. The first kappa shape index (κ1) is 23.3. The molecule has 1 aliphatic heterocycles. The van der Waals surface area contributed by atoms with Crippen LogP contribution >= 0.6 is 0 Å². The van der Waals surface area contributed by atoms with Crippen molar-refractivity contribution < 1.29 is 32.3 Å². The average Bonchev–Trinajstić information content (AvgIpc) is 3.52. The monoisotopic (exact) mass is 476 g/mol. The molecule has 178 valence electrons. The van der Waals surface area contributed by atoms with Crippen molar-refractivity contribution in [1.82, 2.24) is 9.47 Å². The predicted octanol–water partition coefficient (Wildman–Crippen LogP) is 1.93. The summed E-state index contributed by atoms with van der Waals surface area (Å²) in [5.41, 5.74) is 1.01. The second-order valence-electron chi connectivity index (χ2n) is 8.64. The Kier molecular flexibility index (Phi) is 6.73. The molecule has 1 amide bonds. The molecule has 1 aromatic carbocycles. The van der Waals surface area contributed by atoms with Crippen molar-refractivity contribution in [3.05, 3.63) is 36.0 Å². The molecule has 1 saturated heterocycles. The number of amides is 1. The third kappa shape index (κ3) is 5.05. The number of nitrogens with zero attached hydrogens (tertiary/aromatic N) is 2. The highest BCUT2D eigenvalue weighted by Gasteiger charge is 2.39. The molecule has 4 rings (SSSR count). The van der Waals surface area contributed by atoms with Crippen molar-refractivity contribution in [1.29, 1.82) is 0 Å². The van der Waals surface area contributed by atoms with Crippen LogP contribution in [0.4, 0.5) is 0 Å². The zero-order valence-electron chi connectivity index (χ0n) is 18.6. The van der Waals surface area contributed by atoms with Crippen LogP contribution in [0.2, 0.25) is 0 Å². The fourth-order valence-electron chi connectivity index (χ4n) is 4.93. The number of carbonyl (C=O) groups excluding carboxylic acids is 3. The van der Waals surface area contributed by atoms with Crippen LogP contribution < -0.4 is 0 Å². The summed E-state index contributed by atoms with van der Waals surface area (Å²) >= 11 is 0. The minimum absolute atomic E-state index is 0.00879. The lowest BCUT2D eigenvalue weighted by Crippen LogP contribution is -2.48. The van der Waals surface area contributed by atoms with Crippen molar-refractivity contribution >= 4 is 38.6 Å². The van der Waals surface area contributed by atoms with Gasteiger partial charge in [-0.25, -0.2) is 13.2 Å². The van der Waals surface area contributed by atoms with E-state index in [0.29, 0.717) is 22.9 Å². The van der Waals surface area contributed by atoms with Gasteiger partial charge in [0.15, 0.2) is 16.4 Å². The van der Waals surface area contributed by atoms with Crippen LogP contribution in [0, 0.1) is 0 Å². The number of esters is 2. The SMILES string of the molecule is COC(=O)c1cn(CC(=O)OCC(=O)N(C2CCCC2)C2CCS(=O)(=O)C2)c2ccccc12. The molecule has 33 heavy (non-hydrogen) atoms. The van der Waals surface area contributed by atoms with Crippen LogP contribution in [0.1, 0.15) is 42.5 Å². The van der Waals surface area contributed by atoms with Gasteiger partial charge in [0.1, 0.15) is 6.54 Å². The van der Waals surface area contributed by atoms with E-state index in [4.69, 9.17) is 9.47 Å². The molecular formula is C23H28N2O7S. The fraction of sp³-hybridized carbons (Fsp3) is 0.522. The zero-order chi connectivity index (χ0) is 23.6. The highest BCUT2D eigenvalue weighted by molar-refractivity contribution is 7.91. The van der Waals surface area contributed by atoms with Crippen LogP contribution in [0.15, 0.2) is 30.5 Å². The lowest BCUT2D eigenvalue weighted by Gasteiger charge is -2.33. The fourth-order valence-corrected chi connectivity index (χ4v) is 6.65. The summed E-state index contributed by atoms with van der Waals surface area (Å²) < 4.78 is 35.6. The molecule has 0 bridgehead atoms. The number of para-hydroxylation sites is 1. The molecule has 2 aromatic rings. The van der Waals surface area contributed by atoms with Crippen LogP contribution in [-0.2, 0) is 35.4 Å². The van der Waals surface area contributed by atoms with Gasteiger partial charge in [-0.2, -0.15) is 0 Å². The van der Waals surface area contributed by atoms with Gasteiger partial charge < -0.3 is 18.9 Å². The molecule has 0 N–H and O–H groups in total. The zero-order valence-corrected chi connectivity index (χ0v) is 19.4. The van der Waals surface area contributed by atoms with Gasteiger partial charge >= 0.3 is 11.9 Å². The second-order valence-corrected chi connectivity index (χ2v) is 10.9. The molecule has 1 aromatic heterocycles. The molecule has 1 atom stereocenters. The molecule has 10 heteroatoms. The lowest BCUT2D eigenvalue weighted by atomic mass is 10.1. The number of carbonyl (C=O) groups is 3. The number of benzene rings is 1. The number of ether oxygens (including phenoxy) is 2. The maximum Gasteiger partial charge on any atom is 0.340 e. The van der Waals surface area contributed by atoms with Crippen molar-refractivity contribution in [2.75, 3.05) is 25.2 Å². The number of hydrogen-bond acceptors (Lipinski definition) is 7. The number of fused-ring (bicyclic) bond motifs is 1. The van der Waals surface area contributed by atoms with E-state index in [9.17, 15) is 22.8 Å². The highest BCUT2D eigenvalue weighted by atomic mass is 32.2. The van der Waals surface area contributed by atoms with Gasteiger partial charge in [-0.1, -0.05) is 31.0 Å². The first-order valence-electron chi connectivity index (χ1n) is 11.1. The Labute approximate surface area is 192 Å². The van der Waals surface area contributed by atoms with Crippen molar-refractivity contribution in [2.45, 2.75) is 50.7 Å². The summed E-state index contributed by atoms with van der Waals surface area (Å²) in [6, 6.07) is 6.76. The summed E-state index contributed by atoms with van der Waals surface area (Å²) in [7, 11) is -1.85. The van der Waals surface area contributed by atoms with Gasteiger partial charge in [0.25, 0.3) is 5.91 Å². The van der Waals surface area contributed by atoms with Crippen molar-refractivity contribution in [2.24, 2.45) is 0 Å². The number of aromatic nitrogens is 1. The number of sulfone groups is 1. The quantitative estimate of drug-likeness (QED) is 0.561. The van der Waals surface area contributed by atoms with Crippen LogP contribution in [-0.4, -0.2) is 73.0 Å². The molecule has 2 aliphatic rings. The summed E-state index contributed by atoms with van der Waals surface area (Å²) in [6.07, 6.45) is 5.62. The van der Waals surface area contributed by atoms with Gasteiger partial charge in [-0.3, -0.25) is 9.59 Å². The minimum atomic E-state index is -3.15. The van der Waals surface area contributed by atoms with Crippen LogP contribution in [0.25, 0.3) is 10.9 Å². The molecule has 1 unspecified atom stereocenters. The lowest BCUT2D eigenvalue weighted by molar-refractivity contribution is -0.154. The van der Waals surface area contributed by atoms with E-state index in [0.717, 1.165) is 25.7 Å². The topological polar surface area (TPSA) is 112 Å². The molecule has 1 aliphatic carbocycles. The Morgan fingerprint density at radius 1 is 1.09 bits per heavy atom. The van der Waals surface area contributed by atoms with Gasteiger partial charge in [-0.05, 0) is 25.3 Å². The third-order valence-electron chi connectivity index (χ3n) is 6.46. The third-order valence-corrected chi connectivity index (χ3v) is 8.21. The van der Waals surface area contributed by atoms with Gasteiger partial charge in [0.2, 0.25) is 0 Å². The molecule has 2 fully saturated rings. The number of rotatable bonds is 7. The van der Waals surface area contributed by atoms with E-state index < -0.39 is 28.4 Å². The van der Waals surface area contributed by atoms with Gasteiger partial charge in [0.05, 0.1) is 24.2 Å². The van der Waals surface area contributed by atoms with E-state index in [1.165, 1.54) is 13.3 Å². The smallest absolute Gasteiger partial charge is 0.340 e.